The Morgan fingerprint density at radius 2 is 2.03 bits per heavy atom. The first-order valence-corrected chi connectivity index (χ1v) is 9.73. The molecule has 1 atom stereocenters. The molecule has 4 rings (SSSR count). The predicted molar refractivity (Wildman–Crippen MR) is 103 cm³/mol. The normalized spacial score (nSPS) is 19.3. The average Bonchev–Trinajstić information content (AvgIpc) is 3.11. The first-order valence-electron chi connectivity index (χ1n) is 9.73. The molecule has 1 aromatic heterocycles. The number of amides is 3. The lowest BCUT2D eigenvalue weighted by molar-refractivity contribution is -0.134. The molecule has 0 bridgehead atoms. The lowest BCUT2D eigenvalue weighted by Crippen LogP contribution is -2.48. The van der Waals surface area contributed by atoms with E-state index in [0.29, 0.717) is 32.1 Å². The van der Waals surface area contributed by atoms with E-state index in [4.69, 9.17) is 4.74 Å². The number of benzene rings is 1. The second kappa shape index (κ2) is 8.60. The van der Waals surface area contributed by atoms with Crippen molar-refractivity contribution in [1.29, 1.82) is 0 Å². The molecular formula is C20H21F2N5O3. The van der Waals surface area contributed by atoms with Crippen molar-refractivity contribution in [1.82, 2.24) is 19.8 Å². The van der Waals surface area contributed by atoms with E-state index < -0.39 is 17.7 Å². The highest BCUT2D eigenvalue weighted by atomic mass is 19.2. The fourth-order valence-corrected chi connectivity index (χ4v) is 3.67. The molecule has 2 saturated heterocycles. The van der Waals surface area contributed by atoms with Crippen molar-refractivity contribution in [3.8, 4) is 5.88 Å². The summed E-state index contributed by atoms with van der Waals surface area (Å²) in [6, 6.07) is 4.58. The number of carbonyl (C=O) groups excluding carboxylic acids is 2. The van der Waals surface area contributed by atoms with Crippen molar-refractivity contribution in [2.45, 2.75) is 18.9 Å². The van der Waals surface area contributed by atoms with Gasteiger partial charge in [0, 0.05) is 43.7 Å². The number of hydrogen-bond acceptors (Lipinski definition) is 5. The molecular weight excluding hydrogens is 396 g/mol. The van der Waals surface area contributed by atoms with Gasteiger partial charge >= 0.3 is 6.03 Å². The molecule has 1 unspecified atom stereocenters. The summed E-state index contributed by atoms with van der Waals surface area (Å²) < 4.78 is 32.5. The first kappa shape index (κ1) is 20.0. The smallest absolute Gasteiger partial charge is 0.325 e. The van der Waals surface area contributed by atoms with Gasteiger partial charge in [-0.05, 0) is 25.0 Å². The predicted octanol–water partition coefficient (Wildman–Crippen LogP) is 2.07. The number of anilines is 1. The van der Waals surface area contributed by atoms with E-state index in [1.807, 2.05) is 0 Å². The third-order valence-corrected chi connectivity index (χ3v) is 5.21. The van der Waals surface area contributed by atoms with Crippen LogP contribution in [0.5, 0.6) is 5.88 Å². The summed E-state index contributed by atoms with van der Waals surface area (Å²) in [5.41, 5.74) is 0.269. The number of halogens is 2. The van der Waals surface area contributed by atoms with E-state index in [1.165, 1.54) is 22.2 Å². The van der Waals surface area contributed by atoms with Crippen LogP contribution in [-0.2, 0) is 4.79 Å². The maximum absolute atomic E-state index is 13.5. The van der Waals surface area contributed by atoms with Crippen LogP contribution in [0.3, 0.4) is 0 Å². The summed E-state index contributed by atoms with van der Waals surface area (Å²) in [5, 5.41) is 0. The number of piperidine rings is 1. The largest absolute Gasteiger partial charge is 0.472 e. The van der Waals surface area contributed by atoms with Gasteiger partial charge in [0.15, 0.2) is 11.6 Å². The summed E-state index contributed by atoms with van der Waals surface area (Å²) in [5.74, 6) is -1.70. The Bertz CT molecular complexity index is 930. The van der Waals surface area contributed by atoms with Crippen molar-refractivity contribution in [3.63, 3.8) is 0 Å². The molecule has 30 heavy (non-hydrogen) atoms. The number of aromatic nitrogens is 2. The number of ether oxygens (including phenoxy) is 1. The van der Waals surface area contributed by atoms with Gasteiger partial charge in [-0.3, -0.25) is 9.69 Å². The second-order valence-electron chi connectivity index (χ2n) is 7.22. The van der Waals surface area contributed by atoms with E-state index in [9.17, 15) is 18.4 Å². The number of likely N-dealkylation sites (tertiary alicyclic amines) is 1. The maximum atomic E-state index is 13.5. The molecule has 0 N–H and O–H groups in total. The van der Waals surface area contributed by atoms with Gasteiger partial charge in [0.05, 0.1) is 6.54 Å². The summed E-state index contributed by atoms with van der Waals surface area (Å²) in [7, 11) is 0. The minimum absolute atomic E-state index is 0.0702. The van der Waals surface area contributed by atoms with Crippen molar-refractivity contribution >= 4 is 17.6 Å². The molecule has 2 aromatic rings. The van der Waals surface area contributed by atoms with Crippen LogP contribution in [0.4, 0.5) is 19.3 Å². The van der Waals surface area contributed by atoms with Crippen LogP contribution in [-0.4, -0.2) is 70.5 Å². The second-order valence-corrected chi connectivity index (χ2v) is 7.22. The lowest BCUT2D eigenvalue weighted by atomic mass is 10.1. The molecule has 158 valence electrons. The third kappa shape index (κ3) is 4.32. The van der Waals surface area contributed by atoms with Crippen molar-refractivity contribution in [2.24, 2.45) is 0 Å². The molecule has 1 aromatic carbocycles. The topological polar surface area (TPSA) is 78.9 Å². The van der Waals surface area contributed by atoms with Crippen molar-refractivity contribution in [2.75, 3.05) is 37.6 Å². The number of urea groups is 1. The molecule has 0 saturated carbocycles. The van der Waals surface area contributed by atoms with Gasteiger partial charge in [0.2, 0.25) is 11.8 Å². The molecule has 8 nitrogen and oxygen atoms in total. The van der Waals surface area contributed by atoms with E-state index in [-0.39, 0.29) is 24.2 Å². The summed E-state index contributed by atoms with van der Waals surface area (Å²) in [4.78, 5) is 37.7. The van der Waals surface area contributed by atoms with Crippen molar-refractivity contribution in [3.05, 3.63) is 48.4 Å². The van der Waals surface area contributed by atoms with Crippen LogP contribution in [0.25, 0.3) is 0 Å². The Hall–Kier alpha value is -3.30. The number of carbonyl (C=O) groups is 2. The molecule has 3 heterocycles. The monoisotopic (exact) mass is 417 g/mol. The quantitative estimate of drug-likeness (QED) is 0.744. The Morgan fingerprint density at radius 3 is 2.80 bits per heavy atom. The molecule has 2 fully saturated rings. The van der Waals surface area contributed by atoms with E-state index in [0.717, 1.165) is 25.0 Å². The maximum Gasteiger partial charge on any atom is 0.325 e. The van der Waals surface area contributed by atoms with E-state index in [1.54, 1.807) is 17.2 Å². The zero-order chi connectivity index (χ0) is 21.1. The fraction of sp³-hybridized carbons (Fsp3) is 0.400. The minimum atomic E-state index is -1.02. The highest BCUT2D eigenvalue weighted by Gasteiger charge is 2.33. The Labute approximate surface area is 172 Å². The average molecular weight is 417 g/mol. The zero-order valence-electron chi connectivity index (χ0n) is 16.2. The van der Waals surface area contributed by atoms with Gasteiger partial charge in [-0.2, -0.15) is 0 Å². The molecule has 0 aliphatic carbocycles. The van der Waals surface area contributed by atoms with Crippen LogP contribution in [0.1, 0.15) is 12.8 Å². The zero-order valence-corrected chi connectivity index (χ0v) is 16.2. The molecule has 3 amide bonds. The van der Waals surface area contributed by atoms with Gasteiger partial charge < -0.3 is 14.5 Å². The Balaban J connectivity index is 1.34. The van der Waals surface area contributed by atoms with Gasteiger partial charge in [-0.25, -0.2) is 23.5 Å². The molecule has 2 aliphatic heterocycles. The van der Waals surface area contributed by atoms with Crippen LogP contribution in [0.15, 0.2) is 36.8 Å². The van der Waals surface area contributed by atoms with Crippen LogP contribution in [0.2, 0.25) is 0 Å². The summed E-state index contributed by atoms with van der Waals surface area (Å²) in [6.07, 6.45) is 4.41. The fourth-order valence-electron chi connectivity index (χ4n) is 3.67. The van der Waals surface area contributed by atoms with E-state index in [2.05, 4.69) is 9.97 Å². The Morgan fingerprint density at radius 1 is 1.17 bits per heavy atom. The van der Waals surface area contributed by atoms with E-state index >= 15 is 0 Å². The molecule has 10 heteroatoms. The SMILES string of the molecule is O=C(CN1CCN(c2ccc(F)c(F)c2)C1=O)N1CCCC(Oc2ccncn2)C1. The lowest BCUT2D eigenvalue weighted by Gasteiger charge is -2.33. The molecule has 2 aliphatic rings. The number of nitrogens with zero attached hydrogens (tertiary/aromatic N) is 5. The minimum Gasteiger partial charge on any atom is -0.472 e. The van der Waals surface area contributed by atoms with Crippen molar-refractivity contribution < 1.29 is 23.1 Å². The number of rotatable bonds is 5. The standard InChI is InChI=1S/C20H21F2N5O3/c21-16-4-3-14(10-17(16)22)27-9-8-26(20(27)29)12-19(28)25-7-1-2-15(11-25)30-18-5-6-23-13-24-18/h3-6,10,13,15H,1-2,7-9,11-12H2. The third-order valence-electron chi connectivity index (χ3n) is 5.21. The van der Waals surface area contributed by atoms with Crippen LogP contribution < -0.4 is 9.64 Å². The molecule has 0 spiro atoms. The van der Waals surface area contributed by atoms with Gasteiger partial charge in [0.1, 0.15) is 19.0 Å². The Kier molecular flexibility index (Phi) is 5.73. The molecule has 0 radical (unpaired) electrons. The van der Waals surface area contributed by atoms with Gasteiger partial charge in [-0.15, -0.1) is 0 Å². The van der Waals surface area contributed by atoms with Gasteiger partial charge in [0.25, 0.3) is 0 Å². The summed E-state index contributed by atoms with van der Waals surface area (Å²) in [6.45, 7) is 1.57. The van der Waals surface area contributed by atoms with Crippen LogP contribution in [0, 0.1) is 11.6 Å². The van der Waals surface area contributed by atoms with Crippen LogP contribution >= 0.6 is 0 Å². The highest BCUT2D eigenvalue weighted by Crippen LogP contribution is 2.23. The number of hydrogen-bond donors (Lipinski definition) is 0. The first-order chi connectivity index (χ1) is 14.5. The highest BCUT2D eigenvalue weighted by molar-refractivity contribution is 5.96. The van der Waals surface area contributed by atoms with Gasteiger partial charge in [-0.1, -0.05) is 0 Å². The summed E-state index contributed by atoms with van der Waals surface area (Å²) >= 11 is 0.